The maximum Gasteiger partial charge on any atom is 0.303 e. The van der Waals surface area contributed by atoms with Gasteiger partial charge in [-0.1, -0.05) is 33.1 Å². The molecule has 0 aromatic carbocycles. The summed E-state index contributed by atoms with van der Waals surface area (Å²) < 4.78 is 0. The summed E-state index contributed by atoms with van der Waals surface area (Å²) in [6.45, 7) is 4.32. The van der Waals surface area contributed by atoms with E-state index in [2.05, 4.69) is 20.3 Å². The van der Waals surface area contributed by atoms with Crippen LogP contribution in [-0.4, -0.2) is 11.1 Å². The zero-order valence-electron chi connectivity index (χ0n) is 8.05. The van der Waals surface area contributed by atoms with Crippen LogP contribution in [0.3, 0.4) is 0 Å². The summed E-state index contributed by atoms with van der Waals surface area (Å²) in [5, 5.41) is 8.37. The number of carboxylic acids is 1. The smallest absolute Gasteiger partial charge is 0.303 e. The zero-order valence-corrected chi connectivity index (χ0v) is 8.05. The fraction of sp³-hybridized carbons (Fsp3) is 0.800. The minimum atomic E-state index is -0.679. The normalized spacial score (nSPS) is 12.8. The van der Waals surface area contributed by atoms with Gasteiger partial charge in [0, 0.05) is 6.42 Å². The van der Waals surface area contributed by atoms with Crippen molar-refractivity contribution in [2.75, 3.05) is 0 Å². The molecule has 0 fully saturated rings. The van der Waals surface area contributed by atoms with Crippen molar-refractivity contribution in [3.8, 4) is 0 Å². The van der Waals surface area contributed by atoms with Crippen molar-refractivity contribution in [3.63, 3.8) is 0 Å². The first-order valence-electron chi connectivity index (χ1n) is 4.72. The fourth-order valence-electron chi connectivity index (χ4n) is 1.26. The van der Waals surface area contributed by atoms with Crippen molar-refractivity contribution in [1.29, 1.82) is 0 Å². The summed E-state index contributed by atoms with van der Waals surface area (Å²) in [4.78, 5) is 10.2. The van der Waals surface area contributed by atoms with Crippen LogP contribution in [0.5, 0.6) is 0 Å². The molecule has 2 heteroatoms. The van der Waals surface area contributed by atoms with Crippen LogP contribution >= 0.6 is 0 Å². The Hall–Kier alpha value is -0.530. The summed E-state index contributed by atoms with van der Waals surface area (Å²) in [5.74, 6) is -0.0362. The molecule has 1 atom stereocenters. The van der Waals surface area contributed by atoms with Gasteiger partial charge >= 0.3 is 5.97 Å². The quantitative estimate of drug-likeness (QED) is 0.598. The van der Waals surface area contributed by atoms with E-state index in [1.54, 1.807) is 0 Å². The Balaban J connectivity index is 3.13. The minimum Gasteiger partial charge on any atom is -0.481 e. The van der Waals surface area contributed by atoms with Gasteiger partial charge in [-0.25, -0.2) is 0 Å². The molecule has 0 aliphatic carbocycles. The predicted molar refractivity (Wildman–Crippen MR) is 49.9 cm³/mol. The highest BCUT2D eigenvalue weighted by molar-refractivity contribution is 5.66. The lowest BCUT2D eigenvalue weighted by atomic mass is 9.99. The summed E-state index contributed by atoms with van der Waals surface area (Å²) in [6.07, 6.45) is 6.68. The zero-order chi connectivity index (χ0) is 9.40. The van der Waals surface area contributed by atoms with Gasteiger partial charge in [-0.05, 0) is 18.8 Å². The Labute approximate surface area is 75.0 Å². The fourth-order valence-corrected chi connectivity index (χ4v) is 1.26. The van der Waals surface area contributed by atoms with Crippen LogP contribution in [0.4, 0.5) is 0 Å². The SMILES string of the molecule is CC[CH]C(C)CCCCC(=O)O. The molecule has 0 heterocycles. The van der Waals surface area contributed by atoms with E-state index in [4.69, 9.17) is 5.11 Å². The Morgan fingerprint density at radius 1 is 1.50 bits per heavy atom. The monoisotopic (exact) mass is 171 g/mol. The molecule has 0 bridgehead atoms. The second-order valence-electron chi connectivity index (χ2n) is 3.26. The highest BCUT2D eigenvalue weighted by atomic mass is 16.4. The summed E-state index contributed by atoms with van der Waals surface area (Å²) in [6, 6.07) is 0. The summed E-state index contributed by atoms with van der Waals surface area (Å²) in [5.41, 5.74) is 0. The lowest BCUT2D eigenvalue weighted by molar-refractivity contribution is -0.137. The van der Waals surface area contributed by atoms with E-state index in [1.165, 1.54) is 0 Å². The van der Waals surface area contributed by atoms with Crippen LogP contribution in [0.15, 0.2) is 0 Å². The standard InChI is InChI=1S/C10H19O2/c1-3-6-9(2)7-4-5-8-10(11)12/h6,9H,3-5,7-8H2,1-2H3,(H,11,12). The van der Waals surface area contributed by atoms with Gasteiger partial charge in [0.15, 0.2) is 0 Å². The molecule has 1 unspecified atom stereocenters. The Kier molecular flexibility index (Phi) is 6.82. The van der Waals surface area contributed by atoms with E-state index in [-0.39, 0.29) is 0 Å². The molecule has 0 saturated heterocycles. The number of carbonyl (C=O) groups is 1. The molecule has 0 aliphatic rings. The van der Waals surface area contributed by atoms with Gasteiger partial charge in [0.05, 0.1) is 0 Å². The maximum absolute atomic E-state index is 10.2. The van der Waals surface area contributed by atoms with Crippen LogP contribution in [0, 0.1) is 12.3 Å². The molecule has 0 aromatic rings. The number of hydrogen-bond donors (Lipinski definition) is 1. The minimum absolute atomic E-state index is 0.318. The van der Waals surface area contributed by atoms with Crippen LogP contribution in [-0.2, 0) is 4.79 Å². The Morgan fingerprint density at radius 2 is 2.17 bits per heavy atom. The van der Waals surface area contributed by atoms with Gasteiger partial charge in [0.1, 0.15) is 0 Å². The third-order valence-corrected chi connectivity index (χ3v) is 1.94. The van der Waals surface area contributed by atoms with Gasteiger partial charge in [0.2, 0.25) is 0 Å². The first-order chi connectivity index (χ1) is 5.66. The van der Waals surface area contributed by atoms with E-state index < -0.39 is 5.97 Å². The van der Waals surface area contributed by atoms with E-state index >= 15 is 0 Å². The van der Waals surface area contributed by atoms with E-state index in [9.17, 15) is 4.79 Å². The number of aliphatic carboxylic acids is 1. The van der Waals surface area contributed by atoms with Crippen LogP contribution in [0.1, 0.15) is 46.0 Å². The van der Waals surface area contributed by atoms with E-state index in [1.807, 2.05) is 0 Å². The van der Waals surface area contributed by atoms with Gasteiger partial charge in [-0.3, -0.25) is 4.79 Å². The lowest BCUT2D eigenvalue weighted by Gasteiger charge is -2.07. The van der Waals surface area contributed by atoms with Gasteiger partial charge in [-0.2, -0.15) is 0 Å². The molecule has 0 rings (SSSR count). The molecular formula is C10H19O2. The molecule has 0 aliphatic heterocycles. The van der Waals surface area contributed by atoms with Crippen molar-refractivity contribution in [1.82, 2.24) is 0 Å². The first-order valence-corrected chi connectivity index (χ1v) is 4.72. The maximum atomic E-state index is 10.2. The van der Waals surface area contributed by atoms with Crippen molar-refractivity contribution in [3.05, 3.63) is 6.42 Å². The molecule has 12 heavy (non-hydrogen) atoms. The van der Waals surface area contributed by atoms with Crippen molar-refractivity contribution in [2.24, 2.45) is 5.92 Å². The Morgan fingerprint density at radius 3 is 2.67 bits per heavy atom. The molecular weight excluding hydrogens is 152 g/mol. The van der Waals surface area contributed by atoms with Crippen LogP contribution < -0.4 is 0 Å². The van der Waals surface area contributed by atoms with E-state index in [0.717, 1.165) is 25.7 Å². The summed E-state index contributed by atoms with van der Waals surface area (Å²) >= 11 is 0. The molecule has 0 spiro atoms. The van der Waals surface area contributed by atoms with Crippen LogP contribution in [0.25, 0.3) is 0 Å². The number of unbranched alkanes of at least 4 members (excludes halogenated alkanes) is 1. The highest BCUT2D eigenvalue weighted by Crippen LogP contribution is 2.13. The second-order valence-corrected chi connectivity index (χ2v) is 3.26. The van der Waals surface area contributed by atoms with E-state index in [0.29, 0.717) is 12.3 Å². The molecule has 0 saturated carbocycles. The molecule has 2 nitrogen and oxygen atoms in total. The van der Waals surface area contributed by atoms with Gasteiger partial charge < -0.3 is 5.11 Å². The number of rotatable bonds is 7. The molecule has 0 amide bonds. The average Bonchev–Trinajstić information content (AvgIpc) is 1.98. The van der Waals surface area contributed by atoms with Crippen molar-refractivity contribution in [2.45, 2.75) is 46.0 Å². The third-order valence-electron chi connectivity index (χ3n) is 1.94. The predicted octanol–water partition coefficient (Wildman–Crippen LogP) is 2.88. The lowest BCUT2D eigenvalue weighted by Crippen LogP contribution is -1.97. The summed E-state index contributed by atoms with van der Waals surface area (Å²) in [7, 11) is 0. The molecule has 1 radical (unpaired) electrons. The number of carboxylic acid groups (broad SMARTS) is 1. The molecule has 0 aromatic heterocycles. The topological polar surface area (TPSA) is 37.3 Å². The third kappa shape index (κ3) is 7.58. The average molecular weight is 171 g/mol. The first kappa shape index (κ1) is 11.5. The largest absolute Gasteiger partial charge is 0.481 e. The van der Waals surface area contributed by atoms with Crippen LogP contribution in [0.2, 0.25) is 0 Å². The Bertz CT molecular complexity index is 121. The number of hydrogen-bond acceptors (Lipinski definition) is 1. The highest BCUT2D eigenvalue weighted by Gasteiger charge is 2.01. The van der Waals surface area contributed by atoms with Crippen molar-refractivity contribution >= 4 is 5.97 Å². The van der Waals surface area contributed by atoms with Gasteiger partial charge in [-0.15, -0.1) is 0 Å². The van der Waals surface area contributed by atoms with Crippen molar-refractivity contribution < 1.29 is 9.90 Å². The molecule has 1 N–H and O–H groups in total. The second kappa shape index (κ2) is 7.14. The molecule has 71 valence electrons. The van der Waals surface area contributed by atoms with Gasteiger partial charge in [0.25, 0.3) is 0 Å².